The van der Waals surface area contributed by atoms with Crippen LogP contribution in [0.5, 0.6) is 0 Å². The maximum Gasteiger partial charge on any atom is 0.115 e. The molecule has 1 N–H and O–H groups in total. The van der Waals surface area contributed by atoms with Gasteiger partial charge in [0.05, 0.1) is 0 Å². The highest BCUT2D eigenvalue weighted by atomic mass is 16.3. The van der Waals surface area contributed by atoms with Crippen LogP contribution in [0, 0.1) is 0 Å². The van der Waals surface area contributed by atoms with Crippen molar-refractivity contribution in [2.75, 3.05) is 0 Å². The summed E-state index contributed by atoms with van der Waals surface area (Å²) in [4.78, 5) is 0. The van der Waals surface area contributed by atoms with Gasteiger partial charge in [0.25, 0.3) is 0 Å². The Morgan fingerprint density at radius 2 is 2.20 bits per heavy atom. The van der Waals surface area contributed by atoms with Gasteiger partial charge in [-0.15, -0.1) is 0 Å². The molecular weight excluding hydrogens is 124 g/mol. The Kier molecular flexibility index (Phi) is 2.32. The van der Waals surface area contributed by atoms with Gasteiger partial charge in [0.1, 0.15) is 5.76 Å². The van der Waals surface area contributed by atoms with E-state index in [1.165, 1.54) is 5.57 Å². The van der Waals surface area contributed by atoms with Crippen LogP contribution >= 0.6 is 0 Å². The molecule has 0 fully saturated rings. The number of aliphatic hydroxyl groups is 1. The molecule has 0 atom stereocenters. The minimum atomic E-state index is 0.346. The van der Waals surface area contributed by atoms with Gasteiger partial charge in [-0.3, -0.25) is 0 Å². The van der Waals surface area contributed by atoms with Gasteiger partial charge in [-0.1, -0.05) is 17.7 Å². The van der Waals surface area contributed by atoms with E-state index in [1.54, 1.807) is 12.2 Å². The largest absolute Gasteiger partial charge is 0.508 e. The van der Waals surface area contributed by atoms with Crippen LogP contribution in [0.25, 0.3) is 0 Å². The zero-order chi connectivity index (χ0) is 7.40. The fourth-order valence-corrected chi connectivity index (χ4v) is 0.882. The summed E-state index contributed by atoms with van der Waals surface area (Å²) in [6, 6.07) is 0. The molecule has 0 saturated carbocycles. The topological polar surface area (TPSA) is 20.2 Å². The summed E-state index contributed by atoms with van der Waals surface area (Å²) in [7, 11) is 0. The van der Waals surface area contributed by atoms with Gasteiger partial charge in [-0.25, -0.2) is 0 Å². The molecule has 10 heavy (non-hydrogen) atoms. The first-order valence-electron chi connectivity index (χ1n) is 3.52. The lowest BCUT2D eigenvalue weighted by atomic mass is 10.1. The van der Waals surface area contributed by atoms with E-state index >= 15 is 0 Å². The smallest absolute Gasteiger partial charge is 0.115 e. The summed E-state index contributed by atoms with van der Waals surface area (Å²) in [5.74, 6) is 0.346. The molecule has 0 aromatic heterocycles. The standard InChI is InChI=1S/C9H12O/c1-8-4-2-3-5-9(10)7-6-8/h3,5-7,10H,2,4H2,1H3/b5-3-,8-6-,9-7+. The lowest BCUT2D eigenvalue weighted by molar-refractivity contribution is 0.432. The van der Waals surface area contributed by atoms with E-state index < -0.39 is 0 Å². The predicted octanol–water partition coefficient (Wildman–Crippen LogP) is 2.72. The second kappa shape index (κ2) is 3.25. The third-order valence-corrected chi connectivity index (χ3v) is 1.53. The zero-order valence-electron chi connectivity index (χ0n) is 6.17. The Morgan fingerprint density at radius 1 is 1.40 bits per heavy atom. The molecule has 1 heteroatoms. The lowest BCUT2D eigenvalue weighted by Gasteiger charge is -1.99. The molecule has 0 aromatic rings. The molecule has 0 heterocycles. The Bertz CT molecular complexity index is 197. The zero-order valence-corrected chi connectivity index (χ0v) is 6.17. The molecule has 0 amide bonds. The van der Waals surface area contributed by atoms with Crippen molar-refractivity contribution in [2.45, 2.75) is 19.8 Å². The Balaban J connectivity index is 2.75. The number of rotatable bonds is 0. The van der Waals surface area contributed by atoms with E-state index in [4.69, 9.17) is 5.11 Å². The van der Waals surface area contributed by atoms with Crippen molar-refractivity contribution < 1.29 is 5.11 Å². The average Bonchev–Trinajstić information content (AvgIpc) is 1.90. The Hall–Kier alpha value is -0.980. The summed E-state index contributed by atoms with van der Waals surface area (Å²) < 4.78 is 0. The summed E-state index contributed by atoms with van der Waals surface area (Å²) >= 11 is 0. The van der Waals surface area contributed by atoms with E-state index in [9.17, 15) is 0 Å². The average molecular weight is 136 g/mol. The van der Waals surface area contributed by atoms with Crippen molar-refractivity contribution in [3.63, 3.8) is 0 Å². The van der Waals surface area contributed by atoms with Crippen LogP contribution in [0.15, 0.2) is 35.6 Å². The number of allylic oxidation sites excluding steroid dienone is 5. The van der Waals surface area contributed by atoms with Crippen molar-refractivity contribution in [2.24, 2.45) is 0 Å². The van der Waals surface area contributed by atoms with Gasteiger partial charge >= 0.3 is 0 Å². The molecule has 1 rings (SSSR count). The van der Waals surface area contributed by atoms with Crippen molar-refractivity contribution in [1.29, 1.82) is 0 Å². The molecule has 1 aliphatic carbocycles. The van der Waals surface area contributed by atoms with Gasteiger partial charge < -0.3 is 5.11 Å². The summed E-state index contributed by atoms with van der Waals surface area (Å²) in [6.07, 6.45) is 9.54. The quantitative estimate of drug-likeness (QED) is 0.543. The van der Waals surface area contributed by atoms with Crippen LogP contribution in [0.3, 0.4) is 0 Å². The van der Waals surface area contributed by atoms with Gasteiger partial charge in [0.2, 0.25) is 0 Å². The van der Waals surface area contributed by atoms with Crippen molar-refractivity contribution in [3.8, 4) is 0 Å². The fraction of sp³-hybridized carbons (Fsp3) is 0.333. The van der Waals surface area contributed by atoms with E-state index in [0.717, 1.165) is 12.8 Å². The van der Waals surface area contributed by atoms with Crippen molar-refractivity contribution in [1.82, 2.24) is 0 Å². The highest BCUT2D eigenvalue weighted by molar-refractivity contribution is 5.22. The van der Waals surface area contributed by atoms with Crippen LogP contribution in [-0.2, 0) is 0 Å². The minimum Gasteiger partial charge on any atom is -0.508 e. The summed E-state index contributed by atoms with van der Waals surface area (Å²) in [5, 5.41) is 9.06. The van der Waals surface area contributed by atoms with Crippen molar-refractivity contribution in [3.05, 3.63) is 35.6 Å². The normalized spacial score (nSPS) is 32.5. The van der Waals surface area contributed by atoms with E-state index in [-0.39, 0.29) is 0 Å². The van der Waals surface area contributed by atoms with Crippen LogP contribution in [-0.4, -0.2) is 5.11 Å². The monoisotopic (exact) mass is 136 g/mol. The molecule has 0 spiro atoms. The molecule has 1 aliphatic rings. The van der Waals surface area contributed by atoms with Gasteiger partial charge in [-0.05, 0) is 31.9 Å². The number of hydrogen-bond donors (Lipinski definition) is 1. The van der Waals surface area contributed by atoms with Crippen LogP contribution in [0.4, 0.5) is 0 Å². The molecule has 54 valence electrons. The first-order valence-corrected chi connectivity index (χ1v) is 3.52. The van der Waals surface area contributed by atoms with Crippen molar-refractivity contribution >= 4 is 0 Å². The predicted molar refractivity (Wildman–Crippen MR) is 42.8 cm³/mol. The molecule has 1 nitrogen and oxygen atoms in total. The molecule has 0 unspecified atom stereocenters. The SMILES string of the molecule is C/C1=C/C=C(O)\C=C/CC1. The highest BCUT2D eigenvalue weighted by Crippen LogP contribution is 2.09. The third-order valence-electron chi connectivity index (χ3n) is 1.53. The summed E-state index contributed by atoms with van der Waals surface area (Å²) in [6.45, 7) is 2.07. The Labute approximate surface area is 61.4 Å². The van der Waals surface area contributed by atoms with E-state index in [2.05, 4.69) is 6.92 Å². The second-order valence-corrected chi connectivity index (χ2v) is 2.55. The van der Waals surface area contributed by atoms with Gasteiger partial charge in [-0.2, -0.15) is 0 Å². The van der Waals surface area contributed by atoms with E-state index in [1.807, 2.05) is 12.2 Å². The van der Waals surface area contributed by atoms with Crippen LogP contribution < -0.4 is 0 Å². The molecule has 0 saturated heterocycles. The third kappa shape index (κ3) is 2.09. The molecular formula is C9H12O. The maximum absolute atomic E-state index is 9.06. The molecule has 0 aliphatic heterocycles. The molecule has 0 bridgehead atoms. The first kappa shape index (κ1) is 7.13. The Morgan fingerprint density at radius 3 is 3.00 bits per heavy atom. The number of hydrogen-bond acceptors (Lipinski definition) is 1. The van der Waals surface area contributed by atoms with Crippen LogP contribution in [0.1, 0.15) is 19.8 Å². The fourth-order valence-electron chi connectivity index (χ4n) is 0.882. The number of aliphatic hydroxyl groups excluding tert-OH is 1. The minimum absolute atomic E-state index is 0.346. The van der Waals surface area contributed by atoms with Gasteiger partial charge in [0, 0.05) is 0 Å². The molecule has 0 aromatic carbocycles. The second-order valence-electron chi connectivity index (χ2n) is 2.55. The highest BCUT2D eigenvalue weighted by Gasteiger charge is 1.91. The maximum atomic E-state index is 9.06. The van der Waals surface area contributed by atoms with Crippen LogP contribution in [0.2, 0.25) is 0 Å². The molecule has 0 radical (unpaired) electrons. The first-order chi connectivity index (χ1) is 4.79. The van der Waals surface area contributed by atoms with Gasteiger partial charge in [0.15, 0.2) is 0 Å². The lowest BCUT2D eigenvalue weighted by Crippen LogP contribution is -1.81. The van der Waals surface area contributed by atoms with E-state index in [0.29, 0.717) is 5.76 Å². The summed E-state index contributed by atoms with van der Waals surface area (Å²) in [5.41, 5.74) is 1.32.